The third-order valence-corrected chi connectivity index (χ3v) is 7.01. The molecule has 0 radical (unpaired) electrons. The van der Waals surface area contributed by atoms with E-state index in [0.717, 1.165) is 32.5 Å². The molecule has 0 aliphatic carbocycles. The quantitative estimate of drug-likeness (QED) is 0.434. The van der Waals surface area contributed by atoms with Gasteiger partial charge in [0.2, 0.25) is 0 Å². The van der Waals surface area contributed by atoms with Crippen molar-refractivity contribution in [2.24, 2.45) is 0 Å². The maximum atomic E-state index is 13.2. The van der Waals surface area contributed by atoms with Crippen molar-refractivity contribution < 1.29 is 14.3 Å². The normalized spacial score (nSPS) is 15.5. The molecule has 0 N–H and O–H groups in total. The van der Waals surface area contributed by atoms with Crippen molar-refractivity contribution in [3.63, 3.8) is 0 Å². The van der Waals surface area contributed by atoms with E-state index in [9.17, 15) is 9.59 Å². The van der Waals surface area contributed by atoms with E-state index in [0.29, 0.717) is 18.5 Å². The Bertz CT molecular complexity index is 1060. The van der Waals surface area contributed by atoms with Gasteiger partial charge in [-0.25, -0.2) is 9.78 Å². The summed E-state index contributed by atoms with van der Waals surface area (Å²) in [5, 5.41) is 3.14. The number of methoxy groups -OCH3 is 1. The number of esters is 1. The Morgan fingerprint density at radius 3 is 2.57 bits per heavy atom. The van der Waals surface area contributed by atoms with Crippen molar-refractivity contribution in [1.29, 1.82) is 0 Å². The van der Waals surface area contributed by atoms with Crippen LogP contribution in [0.25, 0.3) is 0 Å². The first-order chi connectivity index (χ1) is 14.5. The Morgan fingerprint density at radius 2 is 1.90 bits per heavy atom. The van der Waals surface area contributed by atoms with Gasteiger partial charge in [0, 0.05) is 34.6 Å². The van der Waals surface area contributed by atoms with E-state index >= 15 is 0 Å². The molecule has 1 aliphatic heterocycles. The van der Waals surface area contributed by atoms with E-state index < -0.39 is 6.04 Å². The molecule has 0 saturated heterocycles. The summed E-state index contributed by atoms with van der Waals surface area (Å²) in [5.74, 6) is 0.250. The van der Waals surface area contributed by atoms with Gasteiger partial charge in [-0.1, -0.05) is 24.3 Å². The fraction of sp³-hybridized carbons (Fsp3) is 0.261. The van der Waals surface area contributed by atoms with Crippen LogP contribution in [0.15, 0.2) is 58.8 Å². The molecule has 5 nitrogen and oxygen atoms in total. The number of aromatic nitrogens is 1. The Labute approximate surface area is 184 Å². The molecule has 7 heteroatoms. The fourth-order valence-electron chi connectivity index (χ4n) is 3.57. The van der Waals surface area contributed by atoms with Crippen LogP contribution in [0.1, 0.15) is 32.2 Å². The number of thiazole rings is 1. The predicted molar refractivity (Wildman–Crippen MR) is 119 cm³/mol. The van der Waals surface area contributed by atoms with Gasteiger partial charge in [0.15, 0.2) is 0 Å². The third-order valence-electron chi connectivity index (χ3n) is 5.14. The van der Waals surface area contributed by atoms with Crippen LogP contribution in [-0.4, -0.2) is 34.9 Å². The highest BCUT2D eigenvalue weighted by molar-refractivity contribution is 7.98. The van der Waals surface area contributed by atoms with Crippen molar-refractivity contribution in [2.75, 3.05) is 7.11 Å². The monoisotopic (exact) mass is 438 g/mol. The van der Waals surface area contributed by atoms with Gasteiger partial charge in [-0.3, -0.25) is 4.79 Å². The smallest absolute Gasteiger partial charge is 0.328 e. The molecule has 1 aliphatic rings. The zero-order valence-electron chi connectivity index (χ0n) is 16.8. The summed E-state index contributed by atoms with van der Waals surface area (Å²) < 4.78 is 4.97. The number of benzene rings is 2. The largest absolute Gasteiger partial charge is 0.467 e. The number of nitrogens with zero attached hydrogens (tertiary/aromatic N) is 2. The Hall–Kier alpha value is -2.64. The number of rotatable bonds is 5. The third kappa shape index (κ3) is 4.42. The molecule has 3 aromatic rings. The van der Waals surface area contributed by atoms with E-state index in [1.165, 1.54) is 7.11 Å². The second-order valence-corrected chi connectivity index (χ2v) is 9.23. The van der Waals surface area contributed by atoms with E-state index in [4.69, 9.17) is 4.74 Å². The maximum Gasteiger partial charge on any atom is 0.328 e. The number of ether oxygens (including phenoxy) is 1. The minimum Gasteiger partial charge on any atom is -0.467 e. The number of hydrogen-bond acceptors (Lipinski definition) is 6. The standard InChI is InChI=1S/C23H22N2O3S2/c1-15-24-19(13-29-15)14-30-20-9-7-16(8-10-20)22(26)25-12-18-6-4-3-5-17(18)11-21(25)23(27)28-2/h3-10,13,21H,11-12,14H2,1-2H3. The molecule has 0 spiro atoms. The molecule has 2 aromatic carbocycles. The Kier molecular flexibility index (Phi) is 6.20. The second kappa shape index (κ2) is 9.02. The van der Waals surface area contributed by atoms with E-state index in [1.807, 2.05) is 55.5 Å². The average molecular weight is 439 g/mol. The van der Waals surface area contributed by atoms with Gasteiger partial charge in [-0.15, -0.1) is 23.1 Å². The molecule has 0 saturated carbocycles. The summed E-state index contributed by atoms with van der Waals surface area (Å²) in [7, 11) is 1.36. The lowest BCUT2D eigenvalue weighted by Gasteiger charge is -2.35. The van der Waals surface area contributed by atoms with Gasteiger partial charge in [0.25, 0.3) is 5.91 Å². The van der Waals surface area contributed by atoms with E-state index in [-0.39, 0.29) is 11.9 Å². The summed E-state index contributed by atoms with van der Waals surface area (Å²) >= 11 is 3.34. The predicted octanol–water partition coefficient (Wildman–Crippen LogP) is 4.48. The van der Waals surface area contributed by atoms with Crippen LogP contribution in [0.2, 0.25) is 0 Å². The lowest BCUT2D eigenvalue weighted by Crippen LogP contribution is -2.49. The maximum absolute atomic E-state index is 13.2. The highest BCUT2D eigenvalue weighted by atomic mass is 32.2. The van der Waals surface area contributed by atoms with Crippen molar-refractivity contribution in [3.8, 4) is 0 Å². The molecule has 0 bridgehead atoms. The van der Waals surface area contributed by atoms with Crippen LogP contribution < -0.4 is 0 Å². The van der Waals surface area contributed by atoms with Gasteiger partial charge in [-0.2, -0.15) is 0 Å². The molecule has 0 fully saturated rings. The van der Waals surface area contributed by atoms with E-state index in [2.05, 4.69) is 10.4 Å². The minimum absolute atomic E-state index is 0.161. The topological polar surface area (TPSA) is 59.5 Å². The van der Waals surface area contributed by atoms with Crippen LogP contribution >= 0.6 is 23.1 Å². The van der Waals surface area contributed by atoms with Gasteiger partial charge in [-0.05, 0) is 42.3 Å². The first-order valence-corrected chi connectivity index (χ1v) is 11.5. The molecular formula is C23H22N2O3S2. The zero-order chi connectivity index (χ0) is 21.1. The number of carbonyl (C=O) groups is 2. The SMILES string of the molecule is COC(=O)C1Cc2ccccc2CN1C(=O)c1ccc(SCc2csc(C)n2)cc1. The number of thioether (sulfide) groups is 1. The van der Waals surface area contributed by atoms with Gasteiger partial charge < -0.3 is 9.64 Å². The molecule has 1 aromatic heterocycles. The number of carbonyl (C=O) groups excluding carboxylic acids is 2. The highest BCUT2D eigenvalue weighted by Crippen LogP contribution is 2.27. The Morgan fingerprint density at radius 1 is 1.17 bits per heavy atom. The summed E-state index contributed by atoms with van der Waals surface area (Å²) in [6.07, 6.45) is 0.468. The summed E-state index contributed by atoms with van der Waals surface area (Å²) in [6, 6.07) is 14.8. The Balaban J connectivity index is 1.50. The fourth-order valence-corrected chi connectivity index (χ4v) is 5.08. The van der Waals surface area contributed by atoms with Crippen LogP contribution in [0.3, 0.4) is 0 Å². The van der Waals surface area contributed by atoms with Gasteiger partial charge >= 0.3 is 5.97 Å². The lowest BCUT2D eigenvalue weighted by molar-refractivity contribution is -0.146. The van der Waals surface area contributed by atoms with Gasteiger partial charge in [0.05, 0.1) is 17.8 Å². The first-order valence-electron chi connectivity index (χ1n) is 9.64. The lowest BCUT2D eigenvalue weighted by atomic mass is 9.93. The van der Waals surface area contributed by atoms with Crippen molar-refractivity contribution in [3.05, 3.63) is 81.3 Å². The minimum atomic E-state index is -0.612. The van der Waals surface area contributed by atoms with Crippen LogP contribution in [-0.2, 0) is 28.2 Å². The van der Waals surface area contributed by atoms with Crippen LogP contribution in [0, 0.1) is 6.92 Å². The molecule has 1 unspecified atom stereocenters. The molecular weight excluding hydrogens is 416 g/mol. The number of hydrogen-bond donors (Lipinski definition) is 0. The molecule has 2 heterocycles. The van der Waals surface area contributed by atoms with Crippen molar-refractivity contribution in [2.45, 2.75) is 36.6 Å². The molecule has 30 heavy (non-hydrogen) atoms. The second-order valence-electron chi connectivity index (χ2n) is 7.12. The van der Waals surface area contributed by atoms with Gasteiger partial charge in [0.1, 0.15) is 6.04 Å². The molecule has 4 rings (SSSR count). The number of amides is 1. The summed E-state index contributed by atoms with van der Waals surface area (Å²) in [4.78, 5) is 32.8. The average Bonchev–Trinajstić information content (AvgIpc) is 3.21. The molecule has 1 atom stereocenters. The van der Waals surface area contributed by atoms with E-state index in [1.54, 1.807) is 28.0 Å². The molecule has 154 valence electrons. The van der Waals surface area contributed by atoms with Crippen LogP contribution in [0.5, 0.6) is 0 Å². The van der Waals surface area contributed by atoms with Crippen molar-refractivity contribution in [1.82, 2.24) is 9.88 Å². The zero-order valence-corrected chi connectivity index (χ0v) is 18.5. The highest BCUT2D eigenvalue weighted by Gasteiger charge is 2.35. The van der Waals surface area contributed by atoms with Crippen molar-refractivity contribution >= 4 is 35.0 Å². The first kappa shape index (κ1) is 20.6. The number of aryl methyl sites for hydroxylation is 1. The molecule has 1 amide bonds. The number of fused-ring (bicyclic) bond motifs is 1. The summed E-state index contributed by atoms with van der Waals surface area (Å²) in [6.45, 7) is 2.40. The van der Waals surface area contributed by atoms with Crippen LogP contribution in [0.4, 0.5) is 0 Å². The summed E-state index contributed by atoms with van der Waals surface area (Å²) in [5.41, 5.74) is 3.78.